The molecule has 0 bridgehead atoms. The molecule has 0 atom stereocenters. The van der Waals surface area contributed by atoms with Crippen LogP contribution in [0.15, 0.2) is 12.1 Å². The summed E-state index contributed by atoms with van der Waals surface area (Å²) in [5.74, 6) is 0.507. The van der Waals surface area contributed by atoms with Crippen LogP contribution in [-0.4, -0.2) is 0 Å². The summed E-state index contributed by atoms with van der Waals surface area (Å²) in [5.41, 5.74) is 15.2. The molecule has 0 saturated carbocycles. The Morgan fingerprint density at radius 2 is 1.58 bits per heavy atom. The third-order valence-electron chi connectivity index (χ3n) is 2.09. The van der Waals surface area contributed by atoms with Gasteiger partial charge in [0.1, 0.15) is 0 Å². The number of hydrogen-bond acceptors (Lipinski definition) is 2. The molecule has 1 aromatic carbocycles. The highest BCUT2D eigenvalue weighted by atomic mass is 14.7. The van der Waals surface area contributed by atoms with Crippen molar-refractivity contribution < 1.29 is 0 Å². The van der Waals surface area contributed by atoms with Gasteiger partial charge >= 0.3 is 0 Å². The monoisotopic (exact) mass is 164 g/mol. The molecule has 0 saturated heterocycles. The van der Waals surface area contributed by atoms with Crippen LogP contribution in [0.5, 0.6) is 0 Å². The molecule has 66 valence electrons. The van der Waals surface area contributed by atoms with Gasteiger partial charge in [-0.1, -0.05) is 13.8 Å². The minimum atomic E-state index is 0.507. The molecule has 0 aromatic heterocycles. The summed E-state index contributed by atoms with van der Waals surface area (Å²) in [6.07, 6.45) is 0. The van der Waals surface area contributed by atoms with Crippen LogP contribution >= 0.6 is 0 Å². The number of nitrogens with two attached hydrogens (primary N) is 2. The maximum atomic E-state index is 5.70. The largest absolute Gasteiger partial charge is 0.397 e. The summed E-state index contributed by atoms with van der Waals surface area (Å²) < 4.78 is 0. The van der Waals surface area contributed by atoms with Gasteiger partial charge in [-0.2, -0.15) is 0 Å². The van der Waals surface area contributed by atoms with Crippen LogP contribution in [-0.2, 0) is 0 Å². The Balaban J connectivity index is 3.23. The van der Waals surface area contributed by atoms with E-state index in [4.69, 9.17) is 11.5 Å². The van der Waals surface area contributed by atoms with Crippen molar-refractivity contribution in [2.24, 2.45) is 0 Å². The second-order valence-corrected chi connectivity index (χ2v) is 3.49. The van der Waals surface area contributed by atoms with E-state index in [-0.39, 0.29) is 0 Å². The second-order valence-electron chi connectivity index (χ2n) is 3.49. The van der Waals surface area contributed by atoms with E-state index in [1.807, 2.05) is 12.1 Å². The normalized spacial score (nSPS) is 10.7. The first kappa shape index (κ1) is 8.91. The Labute approximate surface area is 73.6 Å². The van der Waals surface area contributed by atoms with Crippen molar-refractivity contribution in [1.29, 1.82) is 0 Å². The molecule has 4 N–H and O–H groups in total. The van der Waals surface area contributed by atoms with Gasteiger partial charge in [0.15, 0.2) is 0 Å². The van der Waals surface area contributed by atoms with Gasteiger partial charge in [0.05, 0.1) is 11.4 Å². The number of nitrogen functional groups attached to an aromatic ring is 2. The molecule has 0 aliphatic heterocycles. The van der Waals surface area contributed by atoms with Crippen molar-refractivity contribution in [3.8, 4) is 0 Å². The summed E-state index contributed by atoms with van der Waals surface area (Å²) >= 11 is 0. The SMILES string of the molecule is Cc1cc(N)c(N)cc1C(C)C. The number of benzene rings is 1. The first-order chi connectivity index (χ1) is 5.52. The maximum absolute atomic E-state index is 5.70. The molecule has 0 aliphatic carbocycles. The van der Waals surface area contributed by atoms with Gasteiger partial charge in [-0.15, -0.1) is 0 Å². The van der Waals surface area contributed by atoms with Gasteiger partial charge in [0.2, 0.25) is 0 Å². The molecule has 0 fully saturated rings. The van der Waals surface area contributed by atoms with Crippen LogP contribution in [0.25, 0.3) is 0 Å². The van der Waals surface area contributed by atoms with E-state index in [0.29, 0.717) is 17.3 Å². The average molecular weight is 164 g/mol. The Hall–Kier alpha value is -1.18. The summed E-state index contributed by atoms with van der Waals surface area (Å²) in [7, 11) is 0. The van der Waals surface area contributed by atoms with E-state index < -0.39 is 0 Å². The molecule has 0 unspecified atom stereocenters. The van der Waals surface area contributed by atoms with Gasteiger partial charge in [-0.05, 0) is 36.1 Å². The second kappa shape index (κ2) is 3.05. The fourth-order valence-electron chi connectivity index (χ4n) is 1.39. The molecule has 0 aliphatic rings. The average Bonchev–Trinajstić information content (AvgIpc) is 1.96. The van der Waals surface area contributed by atoms with Crippen molar-refractivity contribution >= 4 is 11.4 Å². The Kier molecular flexibility index (Phi) is 2.27. The van der Waals surface area contributed by atoms with E-state index in [1.54, 1.807) is 0 Å². The molecule has 0 heterocycles. The topological polar surface area (TPSA) is 52.0 Å². The molecule has 0 spiro atoms. The quantitative estimate of drug-likeness (QED) is 0.626. The smallest absolute Gasteiger partial charge is 0.0550 e. The zero-order chi connectivity index (χ0) is 9.30. The van der Waals surface area contributed by atoms with Gasteiger partial charge in [0.25, 0.3) is 0 Å². The highest BCUT2D eigenvalue weighted by molar-refractivity contribution is 5.66. The Morgan fingerprint density at radius 3 is 2.08 bits per heavy atom. The molecule has 2 nitrogen and oxygen atoms in total. The standard InChI is InChI=1S/C10H16N2/c1-6(2)8-5-10(12)9(11)4-7(8)3/h4-6H,11-12H2,1-3H3. The van der Waals surface area contributed by atoms with E-state index in [2.05, 4.69) is 20.8 Å². The van der Waals surface area contributed by atoms with Gasteiger partial charge in [0, 0.05) is 0 Å². The predicted molar refractivity (Wildman–Crippen MR) is 54.1 cm³/mol. The lowest BCUT2D eigenvalue weighted by molar-refractivity contribution is 0.857. The molecule has 2 heteroatoms. The molecule has 0 radical (unpaired) electrons. The van der Waals surface area contributed by atoms with Crippen LogP contribution < -0.4 is 11.5 Å². The van der Waals surface area contributed by atoms with Gasteiger partial charge < -0.3 is 11.5 Å². The van der Waals surface area contributed by atoms with E-state index in [0.717, 1.165) is 0 Å². The summed E-state index contributed by atoms with van der Waals surface area (Å²) in [4.78, 5) is 0. The number of anilines is 2. The number of hydrogen-bond donors (Lipinski definition) is 2. The lowest BCUT2D eigenvalue weighted by atomic mass is 9.97. The molecular weight excluding hydrogens is 148 g/mol. The third kappa shape index (κ3) is 1.52. The molecule has 12 heavy (non-hydrogen) atoms. The molecule has 1 rings (SSSR count). The van der Waals surface area contributed by atoms with Crippen molar-refractivity contribution in [3.63, 3.8) is 0 Å². The first-order valence-corrected chi connectivity index (χ1v) is 4.18. The van der Waals surface area contributed by atoms with Crippen molar-refractivity contribution in [2.75, 3.05) is 11.5 Å². The zero-order valence-corrected chi connectivity index (χ0v) is 7.89. The van der Waals surface area contributed by atoms with Crippen molar-refractivity contribution in [2.45, 2.75) is 26.7 Å². The summed E-state index contributed by atoms with van der Waals surface area (Å²) in [5, 5.41) is 0. The first-order valence-electron chi connectivity index (χ1n) is 4.18. The van der Waals surface area contributed by atoms with E-state index >= 15 is 0 Å². The molecule has 1 aromatic rings. The molecular formula is C10H16N2. The number of aryl methyl sites for hydroxylation is 1. The lowest BCUT2D eigenvalue weighted by Crippen LogP contribution is -1.99. The zero-order valence-electron chi connectivity index (χ0n) is 7.89. The molecule has 0 amide bonds. The maximum Gasteiger partial charge on any atom is 0.0550 e. The number of rotatable bonds is 1. The van der Waals surface area contributed by atoms with Crippen LogP contribution in [0, 0.1) is 6.92 Å². The van der Waals surface area contributed by atoms with Crippen LogP contribution in [0.1, 0.15) is 30.9 Å². The highest BCUT2D eigenvalue weighted by Crippen LogP contribution is 2.25. The van der Waals surface area contributed by atoms with Crippen LogP contribution in [0.3, 0.4) is 0 Å². The minimum Gasteiger partial charge on any atom is -0.397 e. The van der Waals surface area contributed by atoms with Crippen molar-refractivity contribution in [3.05, 3.63) is 23.3 Å². The van der Waals surface area contributed by atoms with E-state index in [1.165, 1.54) is 11.1 Å². The van der Waals surface area contributed by atoms with Crippen LogP contribution in [0.4, 0.5) is 11.4 Å². The fourth-order valence-corrected chi connectivity index (χ4v) is 1.39. The summed E-state index contributed by atoms with van der Waals surface area (Å²) in [6, 6.07) is 3.90. The lowest BCUT2D eigenvalue weighted by Gasteiger charge is -2.11. The Morgan fingerprint density at radius 1 is 1.08 bits per heavy atom. The van der Waals surface area contributed by atoms with Crippen molar-refractivity contribution in [1.82, 2.24) is 0 Å². The minimum absolute atomic E-state index is 0.507. The Bertz CT molecular complexity index is 290. The summed E-state index contributed by atoms with van der Waals surface area (Å²) in [6.45, 7) is 6.36. The van der Waals surface area contributed by atoms with Gasteiger partial charge in [-0.3, -0.25) is 0 Å². The van der Waals surface area contributed by atoms with Gasteiger partial charge in [-0.25, -0.2) is 0 Å². The highest BCUT2D eigenvalue weighted by Gasteiger charge is 2.05. The fraction of sp³-hybridized carbons (Fsp3) is 0.400. The third-order valence-corrected chi connectivity index (χ3v) is 2.09. The van der Waals surface area contributed by atoms with E-state index in [9.17, 15) is 0 Å². The predicted octanol–water partition coefficient (Wildman–Crippen LogP) is 2.28. The van der Waals surface area contributed by atoms with Crippen LogP contribution in [0.2, 0.25) is 0 Å².